The summed E-state index contributed by atoms with van der Waals surface area (Å²) >= 11 is 0. The first-order chi connectivity index (χ1) is 11.1. The molecule has 4 rings (SSSR count). The Labute approximate surface area is 138 Å². The predicted octanol–water partition coefficient (Wildman–Crippen LogP) is 2.97. The average Bonchev–Trinajstić information content (AvgIpc) is 2.85. The van der Waals surface area contributed by atoms with Gasteiger partial charge in [0.25, 0.3) is 0 Å². The molecule has 0 unspecified atom stereocenters. The van der Waals surface area contributed by atoms with Crippen LogP contribution in [0.4, 0.5) is 0 Å². The van der Waals surface area contributed by atoms with E-state index in [0.29, 0.717) is 4.90 Å². The van der Waals surface area contributed by atoms with Crippen molar-refractivity contribution >= 4 is 20.7 Å². The maximum absolute atomic E-state index is 13.1. The van der Waals surface area contributed by atoms with Crippen molar-refractivity contribution in [3.63, 3.8) is 0 Å². The average molecular weight is 332 g/mol. The lowest BCUT2D eigenvalue weighted by Crippen LogP contribution is -2.47. The summed E-state index contributed by atoms with van der Waals surface area (Å²) in [5.74, 6) is 0. The molecular formula is C18H24N2O2S. The fourth-order valence-corrected chi connectivity index (χ4v) is 5.99. The second-order valence-electron chi connectivity index (χ2n) is 6.99. The summed E-state index contributed by atoms with van der Waals surface area (Å²) in [7, 11) is -1.34. The van der Waals surface area contributed by atoms with E-state index in [4.69, 9.17) is 0 Å². The number of aromatic nitrogens is 1. The number of fused-ring (bicyclic) bond motifs is 1. The number of aryl methyl sites for hydroxylation is 1. The lowest BCUT2D eigenvalue weighted by Gasteiger charge is -2.41. The largest absolute Gasteiger partial charge is 0.349 e. The van der Waals surface area contributed by atoms with Gasteiger partial charge in [0, 0.05) is 30.2 Å². The van der Waals surface area contributed by atoms with Crippen LogP contribution in [-0.2, 0) is 16.9 Å². The standard InChI is InChI=1S/C18H24N2O2S/c1-19-13-18(16-7-2-3-8-17(16)19)23(21,22)15-9-11-20(12-10-15)14-5-4-6-14/h2-3,7-8,13-15H,4-6,9-12H2,1H3. The Balaban J connectivity index is 1.60. The molecule has 0 spiro atoms. The number of benzene rings is 1. The normalized spacial score (nSPS) is 21.6. The SMILES string of the molecule is Cn1cc(S(=O)(=O)C2CCN(C3CCC3)CC2)c2ccccc21. The molecule has 0 radical (unpaired) electrons. The molecule has 2 fully saturated rings. The van der Waals surface area contributed by atoms with Gasteiger partial charge >= 0.3 is 0 Å². The summed E-state index contributed by atoms with van der Waals surface area (Å²) in [6.07, 6.45) is 7.24. The summed E-state index contributed by atoms with van der Waals surface area (Å²) in [6, 6.07) is 8.49. The zero-order valence-corrected chi connectivity index (χ0v) is 14.4. The van der Waals surface area contributed by atoms with Crippen LogP contribution in [0.5, 0.6) is 0 Å². The van der Waals surface area contributed by atoms with E-state index in [1.807, 2.05) is 35.9 Å². The highest BCUT2D eigenvalue weighted by Crippen LogP contribution is 2.33. The fourth-order valence-electron chi connectivity index (χ4n) is 4.01. The highest BCUT2D eigenvalue weighted by Gasteiger charge is 2.36. The predicted molar refractivity (Wildman–Crippen MR) is 92.3 cm³/mol. The smallest absolute Gasteiger partial charge is 0.183 e. The lowest BCUT2D eigenvalue weighted by atomic mass is 9.90. The molecule has 1 aromatic carbocycles. The molecule has 5 heteroatoms. The Kier molecular flexibility index (Phi) is 3.73. The third-order valence-corrected chi connectivity index (χ3v) is 7.96. The number of rotatable bonds is 3. The van der Waals surface area contributed by atoms with Crippen LogP contribution in [0.3, 0.4) is 0 Å². The topological polar surface area (TPSA) is 42.3 Å². The van der Waals surface area contributed by atoms with E-state index in [2.05, 4.69) is 4.90 Å². The van der Waals surface area contributed by atoms with Gasteiger partial charge in [-0.25, -0.2) is 8.42 Å². The molecule has 1 aromatic heterocycles. The van der Waals surface area contributed by atoms with Crippen molar-refractivity contribution in [2.75, 3.05) is 13.1 Å². The second-order valence-corrected chi connectivity index (χ2v) is 9.18. The van der Waals surface area contributed by atoms with Gasteiger partial charge in [-0.05, 0) is 44.8 Å². The van der Waals surface area contributed by atoms with Gasteiger partial charge in [-0.15, -0.1) is 0 Å². The van der Waals surface area contributed by atoms with E-state index in [9.17, 15) is 8.42 Å². The van der Waals surface area contributed by atoms with Gasteiger partial charge < -0.3 is 9.47 Å². The number of nitrogens with zero attached hydrogens (tertiary/aromatic N) is 2. The molecule has 2 aliphatic rings. The van der Waals surface area contributed by atoms with E-state index in [-0.39, 0.29) is 5.25 Å². The Morgan fingerprint density at radius 3 is 2.39 bits per heavy atom. The van der Waals surface area contributed by atoms with Crippen molar-refractivity contribution in [2.45, 2.75) is 48.3 Å². The molecule has 0 amide bonds. The van der Waals surface area contributed by atoms with Crippen LogP contribution >= 0.6 is 0 Å². The van der Waals surface area contributed by atoms with Crippen molar-refractivity contribution in [3.8, 4) is 0 Å². The van der Waals surface area contributed by atoms with Crippen molar-refractivity contribution < 1.29 is 8.42 Å². The zero-order valence-electron chi connectivity index (χ0n) is 13.6. The van der Waals surface area contributed by atoms with Crippen LogP contribution in [0.15, 0.2) is 35.4 Å². The molecule has 0 bridgehead atoms. The van der Waals surface area contributed by atoms with Crippen LogP contribution in [0.25, 0.3) is 10.9 Å². The molecule has 2 heterocycles. The first-order valence-corrected chi connectivity index (χ1v) is 10.1. The lowest BCUT2D eigenvalue weighted by molar-refractivity contribution is 0.106. The quantitative estimate of drug-likeness (QED) is 0.868. The molecule has 1 aliphatic heterocycles. The van der Waals surface area contributed by atoms with Crippen LogP contribution in [-0.4, -0.2) is 42.3 Å². The number of hydrogen-bond acceptors (Lipinski definition) is 3. The molecular weight excluding hydrogens is 308 g/mol. The molecule has 0 N–H and O–H groups in total. The zero-order chi connectivity index (χ0) is 16.0. The number of likely N-dealkylation sites (tertiary alicyclic amines) is 1. The summed E-state index contributed by atoms with van der Waals surface area (Å²) in [6.45, 7) is 1.86. The van der Waals surface area contributed by atoms with Crippen molar-refractivity contribution in [1.82, 2.24) is 9.47 Å². The highest BCUT2D eigenvalue weighted by atomic mass is 32.2. The van der Waals surface area contributed by atoms with Gasteiger partial charge in [0.15, 0.2) is 9.84 Å². The Bertz CT molecular complexity index is 813. The minimum absolute atomic E-state index is 0.232. The molecule has 124 valence electrons. The monoisotopic (exact) mass is 332 g/mol. The molecule has 1 saturated carbocycles. The van der Waals surface area contributed by atoms with Gasteiger partial charge in [-0.3, -0.25) is 0 Å². The fraction of sp³-hybridized carbons (Fsp3) is 0.556. The van der Waals surface area contributed by atoms with Gasteiger partial charge in [-0.1, -0.05) is 24.6 Å². The summed E-state index contributed by atoms with van der Waals surface area (Å²) < 4.78 is 28.2. The number of hydrogen-bond donors (Lipinski definition) is 0. The number of sulfone groups is 1. The van der Waals surface area contributed by atoms with Crippen molar-refractivity contribution in [2.24, 2.45) is 7.05 Å². The van der Waals surface area contributed by atoms with E-state index in [0.717, 1.165) is 42.9 Å². The maximum atomic E-state index is 13.1. The second kappa shape index (κ2) is 5.64. The van der Waals surface area contributed by atoms with Crippen LogP contribution in [0.1, 0.15) is 32.1 Å². The minimum atomic E-state index is -3.25. The van der Waals surface area contributed by atoms with E-state index in [1.54, 1.807) is 6.20 Å². The molecule has 23 heavy (non-hydrogen) atoms. The van der Waals surface area contributed by atoms with Crippen molar-refractivity contribution in [3.05, 3.63) is 30.5 Å². The molecule has 1 saturated heterocycles. The van der Waals surface area contributed by atoms with Gasteiger partial charge in [0.1, 0.15) is 0 Å². The summed E-state index contributed by atoms with van der Waals surface area (Å²) in [4.78, 5) is 3.01. The number of para-hydroxylation sites is 1. The highest BCUT2D eigenvalue weighted by molar-refractivity contribution is 7.92. The van der Waals surface area contributed by atoms with E-state index >= 15 is 0 Å². The van der Waals surface area contributed by atoms with E-state index < -0.39 is 9.84 Å². The minimum Gasteiger partial charge on any atom is -0.349 e. The molecule has 1 aliphatic carbocycles. The number of piperidine rings is 1. The molecule has 4 nitrogen and oxygen atoms in total. The van der Waals surface area contributed by atoms with Gasteiger partial charge in [0.2, 0.25) is 0 Å². The summed E-state index contributed by atoms with van der Waals surface area (Å²) in [5.41, 5.74) is 0.984. The first-order valence-electron chi connectivity index (χ1n) is 8.59. The third-order valence-electron chi connectivity index (χ3n) is 5.67. The van der Waals surface area contributed by atoms with E-state index in [1.165, 1.54) is 19.3 Å². The Morgan fingerprint density at radius 1 is 1.04 bits per heavy atom. The maximum Gasteiger partial charge on any atom is 0.183 e. The molecule has 0 atom stereocenters. The first kappa shape index (κ1) is 15.2. The molecule has 2 aromatic rings. The van der Waals surface area contributed by atoms with Crippen LogP contribution in [0.2, 0.25) is 0 Å². The summed E-state index contributed by atoms with van der Waals surface area (Å²) in [5, 5.41) is 0.626. The van der Waals surface area contributed by atoms with Crippen LogP contribution < -0.4 is 0 Å². The van der Waals surface area contributed by atoms with Gasteiger partial charge in [-0.2, -0.15) is 0 Å². The third kappa shape index (κ3) is 2.50. The Hall–Kier alpha value is -1.33. The Morgan fingerprint density at radius 2 is 1.74 bits per heavy atom. The van der Waals surface area contributed by atoms with Crippen LogP contribution in [0, 0.1) is 0 Å². The van der Waals surface area contributed by atoms with Crippen molar-refractivity contribution in [1.29, 1.82) is 0 Å². The van der Waals surface area contributed by atoms with Gasteiger partial charge in [0.05, 0.1) is 10.1 Å².